The summed E-state index contributed by atoms with van der Waals surface area (Å²) >= 11 is 6.01. The van der Waals surface area contributed by atoms with E-state index in [-0.39, 0.29) is 17.3 Å². The van der Waals surface area contributed by atoms with Crippen molar-refractivity contribution in [3.63, 3.8) is 0 Å². The van der Waals surface area contributed by atoms with Crippen LogP contribution >= 0.6 is 11.6 Å². The fraction of sp³-hybridized carbons (Fsp3) is 0.333. The molecule has 0 saturated heterocycles. The van der Waals surface area contributed by atoms with Gasteiger partial charge in [-0.15, -0.1) is 0 Å². The number of nitrogens with one attached hydrogen (secondary N) is 1. The zero-order valence-corrected chi connectivity index (χ0v) is 24.6. The normalized spacial score (nSPS) is 12.1. The predicted octanol–water partition coefficient (Wildman–Crippen LogP) is 5.40. The predicted molar refractivity (Wildman–Crippen MR) is 156 cm³/mol. The first kappa shape index (κ1) is 30.2. The van der Waals surface area contributed by atoms with Crippen LogP contribution in [0.25, 0.3) is 0 Å². The number of hydrogen-bond donors (Lipinski definition) is 1. The maximum atomic E-state index is 14.0. The standard InChI is InChI=1S/C30H36ClN3O4S/c1-6-28(30(36)32-7-2)33(19-24-10-8-9-21(3)17-24)29(35)20-34(26-14-11-22(4)23(5)18-26)39(37,38)27-15-12-25(31)13-16-27/h8-18,28H,6-7,19-20H2,1-5H3,(H,32,36). The van der Waals surface area contributed by atoms with Gasteiger partial charge < -0.3 is 10.2 Å². The van der Waals surface area contributed by atoms with Gasteiger partial charge in [-0.1, -0.05) is 54.4 Å². The average molecular weight is 570 g/mol. The molecule has 1 atom stereocenters. The van der Waals surface area contributed by atoms with Crippen molar-refractivity contribution in [3.8, 4) is 0 Å². The molecular weight excluding hydrogens is 534 g/mol. The molecule has 0 aromatic heterocycles. The molecule has 0 saturated carbocycles. The van der Waals surface area contributed by atoms with Crippen LogP contribution in [0.2, 0.25) is 5.02 Å². The third-order valence-corrected chi connectivity index (χ3v) is 8.67. The maximum absolute atomic E-state index is 14.0. The smallest absolute Gasteiger partial charge is 0.264 e. The molecule has 0 spiro atoms. The molecule has 3 aromatic carbocycles. The Balaban J connectivity index is 2.09. The summed E-state index contributed by atoms with van der Waals surface area (Å²) in [5, 5.41) is 3.21. The Bertz CT molecular complexity index is 1420. The van der Waals surface area contributed by atoms with Gasteiger partial charge in [0.15, 0.2) is 0 Å². The van der Waals surface area contributed by atoms with Crippen LogP contribution in [0.4, 0.5) is 5.69 Å². The second kappa shape index (κ2) is 13.1. The average Bonchev–Trinajstić information content (AvgIpc) is 2.89. The summed E-state index contributed by atoms with van der Waals surface area (Å²) in [5.41, 5.74) is 4.12. The molecule has 2 amide bonds. The number of halogens is 1. The summed E-state index contributed by atoms with van der Waals surface area (Å²) in [6, 6.07) is 18.0. The SMILES string of the molecule is CCNC(=O)C(CC)N(Cc1cccc(C)c1)C(=O)CN(c1ccc(C)c(C)c1)S(=O)(=O)c1ccc(Cl)cc1. The van der Waals surface area contributed by atoms with E-state index in [4.69, 9.17) is 11.6 Å². The quantitative estimate of drug-likeness (QED) is 0.335. The Morgan fingerprint density at radius 3 is 2.21 bits per heavy atom. The van der Waals surface area contributed by atoms with Gasteiger partial charge in [-0.25, -0.2) is 8.42 Å². The van der Waals surface area contributed by atoms with Crippen LogP contribution in [0, 0.1) is 20.8 Å². The van der Waals surface area contributed by atoms with E-state index in [9.17, 15) is 18.0 Å². The molecule has 0 fully saturated rings. The summed E-state index contributed by atoms with van der Waals surface area (Å²) in [6.07, 6.45) is 0.372. The van der Waals surface area contributed by atoms with Gasteiger partial charge in [0, 0.05) is 18.1 Å². The number of nitrogens with zero attached hydrogens (tertiary/aromatic N) is 2. The lowest BCUT2D eigenvalue weighted by atomic mass is 10.1. The van der Waals surface area contributed by atoms with Crippen molar-refractivity contribution in [2.24, 2.45) is 0 Å². The van der Waals surface area contributed by atoms with Gasteiger partial charge in [-0.3, -0.25) is 13.9 Å². The van der Waals surface area contributed by atoms with Gasteiger partial charge in [-0.05, 0) is 87.2 Å². The molecule has 3 rings (SSSR count). The second-order valence-electron chi connectivity index (χ2n) is 9.56. The van der Waals surface area contributed by atoms with Crippen LogP contribution < -0.4 is 9.62 Å². The Morgan fingerprint density at radius 1 is 0.923 bits per heavy atom. The fourth-order valence-corrected chi connectivity index (χ4v) is 5.89. The molecule has 1 unspecified atom stereocenters. The first-order valence-corrected chi connectivity index (χ1v) is 14.8. The highest BCUT2D eigenvalue weighted by Gasteiger charge is 2.33. The number of carbonyl (C=O) groups is 2. The second-order valence-corrected chi connectivity index (χ2v) is 11.9. The molecule has 0 aliphatic carbocycles. The number of hydrogen-bond acceptors (Lipinski definition) is 4. The summed E-state index contributed by atoms with van der Waals surface area (Å²) in [5.74, 6) is -0.760. The van der Waals surface area contributed by atoms with Crippen molar-refractivity contribution in [3.05, 3.63) is 94.0 Å². The van der Waals surface area contributed by atoms with E-state index in [1.807, 2.05) is 65.0 Å². The summed E-state index contributed by atoms with van der Waals surface area (Å²) in [4.78, 5) is 28.5. The number of aryl methyl sites for hydroxylation is 3. The highest BCUT2D eigenvalue weighted by molar-refractivity contribution is 7.92. The van der Waals surface area contributed by atoms with Crippen LogP contribution in [0.15, 0.2) is 71.6 Å². The van der Waals surface area contributed by atoms with Gasteiger partial charge >= 0.3 is 0 Å². The van der Waals surface area contributed by atoms with Gasteiger partial charge in [0.1, 0.15) is 12.6 Å². The number of benzene rings is 3. The molecule has 3 aromatic rings. The molecule has 0 aliphatic heterocycles. The Labute approximate surface area is 236 Å². The van der Waals surface area contributed by atoms with Crippen LogP contribution in [0.3, 0.4) is 0 Å². The lowest BCUT2D eigenvalue weighted by molar-refractivity contribution is -0.140. The van der Waals surface area contributed by atoms with Gasteiger partial charge in [-0.2, -0.15) is 0 Å². The van der Waals surface area contributed by atoms with Crippen LogP contribution in [0.5, 0.6) is 0 Å². The van der Waals surface area contributed by atoms with Crippen LogP contribution in [-0.2, 0) is 26.2 Å². The lowest BCUT2D eigenvalue weighted by Crippen LogP contribution is -2.52. The van der Waals surface area contributed by atoms with E-state index in [0.717, 1.165) is 26.6 Å². The molecule has 9 heteroatoms. The molecule has 208 valence electrons. The van der Waals surface area contributed by atoms with Crippen molar-refractivity contribution in [1.82, 2.24) is 10.2 Å². The van der Waals surface area contributed by atoms with E-state index < -0.39 is 28.5 Å². The molecule has 1 N–H and O–H groups in total. The lowest BCUT2D eigenvalue weighted by Gasteiger charge is -2.33. The number of anilines is 1. The van der Waals surface area contributed by atoms with E-state index in [1.54, 1.807) is 12.1 Å². The minimum Gasteiger partial charge on any atom is -0.355 e. The van der Waals surface area contributed by atoms with E-state index in [2.05, 4.69) is 5.32 Å². The molecule has 0 bridgehead atoms. The Hall–Kier alpha value is -3.36. The summed E-state index contributed by atoms with van der Waals surface area (Å²) < 4.78 is 28.9. The van der Waals surface area contributed by atoms with E-state index in [1.165, 1.54) is 29.2 Å². The van der Waals surface area contributed by atoms with Gasteiger partial charge in [0.05, 0.1) is 10.6 Å². The number of likely N-dealkylation sites (N-methyl/N-ethyl adjacent to an activating group) is 1. The first-order chi connectivity index (χ1) is 18.5. The van der Waals surface area contributed by atoms with Crippen LogP contribution in [0.1, 0.15) is 42.5 Å². The Kier molecular flexibility index (Phi) is 10.2. The molecule has 0 radical (unpaired) electrons. The Morgan fingerprint density at radius 2 is 1.62 bits per heavy atom. The van der Waals surface area contributed by atoms with Gasteiger partial charge in [0.25, 0.3) is 10.0 Å². The molecule has 39 heavy (non-hydrogen) atoms. The molecule has 7 nitrogen and oxygen atoms in total. The van der Waals surface area contributed by atoms with Crippen molar-refractivity contribution in [2.75, 3.05) is 17.4 Å². The van der Waals surface area contributed by atoms with Crippen molar-refractivity contribution in [1.29, 1.82) is 0 Å². The summed E-state index contributed by atoms with van der Waals surface area (Å²) in [6.45, 7) is 9.54. The highest BCUT2D eigenvalue weighted by Crippen LogP contribution is 2.27. The zero-order chi connectivity index (χ0) is 28.7. The van der Waals surface area contributed by atoms with Crippen molar-refractivity contribution < 1.29 is 18.0 Å². The maximum Gasteiger partial charge on any atom is 0.264 e. The fourth-order valence-electron chi connectivity index (χ4n) is 4.36. The topological polar surface area (TPSA) is 86.8 Å². The monoisotopic (exact) mass is 569 g/mol. The largest absolute Gasteiger partial charge is 0.355 e. The molecular formula is C30H36ClN3O4S. The number of amides is 2. The third-order valence-electron chi connectivity index (χ3n) is 6.63. The van der Waals surface area contributed by atoms with Crippen molar-refractivity contribution in [2.45, 2.75) is 58.5 Å². The number of sulfonamides is 1. The molecule has 0 heterocycles. The number of carbonyl (C=O) groups excluding carboxylic acids is 2. The molecule has 0 aliphatic rings. The van der Waals surface area contributed by atoms with E-state index >= 15 is 0 Å². The zero-order valence-electron chi connectivity index (χ0n) is 23.1. The van der Waals surface area contributed by atoms with Crippen LogP contribution in [-0.4, -0.2) is 44.3 Å². The minimum absolute atomic E-state index is 0.0129. The first-order valence-electron chi connectivity index (χ1n) is 13.0. The van der Waals surface area contributed by atoms with E-state index in [0.29, 0.717) is 23.7 Å². The number of rotatable bonds is 11. The third kappa shape index (κ3) is 7.40. The van der Waals surface area contributed by atoms with Crippen molar-refractivity contribution >= 4 is 39.1 Å². The highest BCUT2D eigenvalue weighted by atomic mass is 35.5. The van der Waals surface area contributed by atoms with Gasteiger partial charge in [0.2, 0.25) is 11.8 Å². The summed E-state index contributed by atoms with van der Waals surface area (Å²) in [7, 11) is -4.14. The minimum atomic E-state index is -4.14.